The lowest BCUT2D eigenvalue weighted by Gasteiger charge is -2.28. The van der Waals surface area contributed by atoms with Crippen LogP contribution in [0.2, 0.25) is 0 Å². The second-order valence-corrected chi connectivity index (χ2v) is 8.68. The minimum Gasteiger partial charge on any atom is -0.503 e. The highest BCUT2D eigenvalue weighted by Gasteiger charge is 2.43. The molecule has 0 saturated carbocycles. The van der Waals surface area contributed by atoms with Crippen LogP contribution in [0.3, 0.4) is 0 Å². The maximum atomic E-state index is 10.3. The van der Waals surface area contributed by atoms with Crippen LogP contribution in [0.4, 0.5) is 0 Å². The van der Waals surface area contributed by atoms with Crippen molar-refractivity contribution in [1.29, 1.82) is 0 Å². The Hall–Kier alpha value is -1.73. The Morgan fingerprint density at radius 2 is 2.23 bits per heavy atom. The number of benzene rings is 1. The van der Waals surface area contributed by atoms with E-state index < -0.39 is 0 Å². The molecule has 1 fully saturated rings. The molecule has 26 heavy (non-hydrogen) atoms. The van der Waals surface area contributed by atoms with Crippen molar-refractivity contribution >= 4 is 32.9 Å². The highest BCUT2D eigenvalue weighted by molar-refractivity contribution is 9.10. The van der Waals surface area contributed by atoms with Crippen LogP contribution in [-0.4, -0.2) is 38.6 Å². The normalized spacial score (nSPS) is 24.5. The van der Waals surface area contributed by atoms with Crippen LogP contribution in [0.25, 0.3) is 0 Å². The third-order valence-electron chi connectivity index (χ3n) is 4.57. The molecule has 0 radical (unpaired) electrons. The van der Waals surface area contributed by atoms with Gasteiger partial charge in [0.25, 0.3) is 0 Å². The minimum absolute atomic E-state index is 0.0356. The molecule has 5 nitrogen and oxygen atoms in total. The summed E-state index contributed by atoms with van der Waals surface area (Å²) >= 11 is 5.28. The van der Waals surface area contributed by atoms with Crippen molar-refractivity contribution in [3.8, 4) is 11.5 Å². The van der Waals surface area contributed by atoms with Crippen molar-refractivity contribution in [3.05, 3.63) is 52.3 Å². The number of halogens is 1. The molecule has 3 heterocycles. The Morgan fingerprint density at radius 3 is 2.96 bits per heavy atom. The van der Waals surface area contributed by atoms with Gasteiger partial charge in [0.2, 0.25) is 0 Å². The second kappa shape index (κ2) is 7.12. The van der Waals surface area contributed by atoms with E-state index in [0.717, 1.165) is 23.0 Å². The lowest BCUT2D eigenvalue weighted by molar-refractivity contribution is 0.306. The van der Waals surface area contributed by atoms with Gasteiger partial charge in [0.05, 0.1) is 22.8 Å². The van der Waals surface area contributed by atoms with E-state index in [2.05, 4.69) is 32.7 Å². The molecule has 0 amide bonds. The summed E-state index contributed by atoms with van der Waals surface area (Å²) in [6.07, 6.45) is 1.81. The summed E-state index contributed by atoms with van der Waals surface area (Å²) in [4.78, 5) is 11.9. The number of hydrogen-bond donors (Lipinski definition) is 1. The summed E-state index contributed by atoms with van der Waals surface area (Å²) < 4.78 is 6.27. The van der Waals surface area contributed by atoms with Crippen LogP contribution in [0.1, 0.15) is 37.2 Å². The molecule has 1 saturated heterocycles. The predicted octanol–water partition coefficient (Wildman–Crippen LogP) is 4.54. The van der Waals surface area contributed by atoms with Crippen molar-refractivity contribution in [2.75, 3.05) is 13.2 Å². The number of rotatable bonds is 4. The van der Waals surface area contributed by atoms with Gasteiger partial charge >= 0.3 is 0 Å². The fraction of sp³-hybridized carbons (Fsp3) is 0.368. The van der Waals surface area contributed by atoms with E-state index in [1.165, 1.54) is 0 Å². The van der Waals surface area contributed by atoms with Gasteiger partial charge in [-0.15, -0.1) is 0 Å². The number of phenols is 1. The molecule has 2 aromatic rings. The molecular formula is C19H20BrN3O2S. The highest BCUT2D eigenvalue weighted by Crippen LogP contribution is 2.49. The molecule has 0 aliphatic carbocycles. The van der Waals surface area contributed by atoms with E-state index >= 15 is 0 Å². The maximum Gasteiger partial charge on any atom is 0.172 e. The molecule has 0 spiro atoms. The van der Waals surface area contributed by atoms with Gasteiger partial charge in [0.15, 0.2) is 16.7 Å². The van der Waals surface area contributed by atoms with Crippen LogP contribution in [0.5, 0.6) is 11.5 Å². The molecular weight excluding hydrogens is 414 g/mol. The van der Waals surface area contributed by atoms with E-state index in [-0.39, 0.29) is 17.8 Å². The number of amidine groups is 1. The third-order valence-corrected chi connectivity index (χ3v) is 6.28. The third kappa shape index (κ3) is 3.07. The van der Waals surface area contributed by atoms with Gasteiger partial charge in [0.1, 0.15) is 6.04 Å². The molecule has 4 rings (SSSR count). The van der Waals surface area contributed by atoms with Crippen LogP contribution in [0.15, 0.2) is 46.0 Å². The van der Waals surface area contributed by atoms with Crippen LogP contribution >= 0.6 is 27.7 Å². The van der Waals surface area contributed by atoms with Gasteiger partial charge in [-0.3, -0.25) is 9.98 Å². The molecule has 1 N–H and O–H groups in total. The zero-order valence-electron chi connectivity index (χ0n) is 14.6. The number of phenolic OH excluding ortho intramolecular Hbond substituents is 1. The topological polar surface area (TPSA) is 58.0 Å². The van der Waals surface area contributed by atoms with E-state index in [1.807, 2.05) is 55.2 Å². The molecule has 0 unspecified atom stereocenters. The predicted molar refractivity (Wildman–Crippen MR) is 108 cm³/mol. The number of aliphatic imine (C=N–C) groups is 1. The summed E-state index contributed by atoms with van der Waals surface area (Å²) in [6, 6.07) is 9.79. The van der Waals surface area contributed by atoms with Crippen molar-refractivity contribution in [3.63, 3.8) is 0 Å². The molecule has 3 atom stereocenters. The van der Waals surface area contributed by atoms with Crippen LogP contribution in [-0.2, 0) is 0 Å². The Labute approximate surface area is 165 Å². The van der Waals surface area contributed by atoms with Gasteiger partial charge in [-0.2, -0.15) is 0 Å². The number of fused-ring (bicyclic) bond motifs is 1. The quantitative estimate of drug-likeness (QED) is 0.766. The van der Waals surface area contributed by atoms with E-state index in [9.17, 15) is 5.11 Å². The molecule has 2 aliphatic rings. The van der Waals surface area contributed by atoms with Crippen molar-refractivity contribution in [2.24, 2.45) is 4.99 Å². The van der Waals surface area contributed by atoms with E-state index in [0.29, 0.717) is 22.1 Å². The van der Waals surface area contributed by atoms with Gasteiger partial charge in [-0.1, -0.05) is 24.8 Å². The lowest BCUT2D eigenvalue weighted by atomic mass is 9.96. The standard InChI is InChI=1S/C19H20BrN3O2S/c1-3-25-15-9-12(8-13(20)18(15)24)17-16(14-6-4-5-7-21-14)22-19-23(17)10-11(2)26-19/h4-9,11,16-17,24H,3,10H2,1-2H3/t11-,16+,17-/m0/s1. The van der Waals surface area contributed by atoms with Gasteiger partial charge < -0.3 is 14.7 Å². The minimum atomic E-state index is -0.0721. The SMILES string of the molecule is CCOc1cc([C@H]2[C@@H](c3ccccn3)N=C3S[C@@H](C)CN32)cc(Br)c1O. The molecule has 2 aliphatic heterocycles. The average Bonchev–Trinajstić information content (AvgIpc) is 3.15. The Morgan fingerprint density at radius 1 is 1.38 bits per heavy atom. The first-order valence-electron chi connectivity index (χ1n) is 8.65. The number of nitrogens with zero attached hydrogens (tertiary/aromatic N) is 3. The summed E-state index contributed by atoms with van der Waals surface area (Å²) in [6.45, 7) is 5.57. The number of pyridine rings is 1. The molecule has 7 heteroatoms. The number of hydrogen-bond acceptors (Lipinski definition) is 6. The molecule has 1 aromatic carbocycles. The number of aromatic hydroxyl groups is 1. The van der Waals surface area contributed by atoms with E-state index in [1.54, 1.807) is 0 Å². The van der Waals surface area contributed by atoms with Crippen molar-refractivity contribution in [1.82, 2.24) is 9.88 Å². The Balaban J connectivity index is 1.80. The zero-order chi connectivity index (χ0) is 18.3. The molecule has 136 valence electrons. The molecule has 0 bridgehead atoms. The number of ether oxygens (including phenoxy) is 1. The summed E-state index contributed by atoms with van der Waals surface area (Å²) in [5, 5.41) is 11.9. The first kappa shape index (κ1) is 17.7. The highest BCUT2D eigenvalue weighted by atomic mass is 79.9. The smallest absolute Gasteiger partial charge is 0.172 e. The first-order valence-corrected chi connectivity index (χ1v) is 10.3. The van der Waals surface area contributed by atoms with Crippen molar-refractivity contribution < 1.29 is 9.84 Å². The fourth-order valence-electron chi connectivity index (χ4n) is 3.51. The van der Waals surface area contributed by atoms with Crippen LogP contribution in [0, 0.1) is 0 Å². The largest absolute Gasteiger partial charge is 0.503 e. The fourth-order valence-corrected chi connectivity index (χ4v) is 5.06. The maximum absolute atomic E-state index is 10.3. The van der Waals surface area contributed by atoms with Gasteiger partial charge in [-0.25, -0.2) is 0 Å². The van der Waals surface area contributed by atoms with E-state index in [4.69, 9.17) is 9.73 Å². The summed E-state index contributed by atoms with van der Waals surface area (Å²) in [7, 11) is 0. The zero-order valence-corrected chi connectivity index (χ0v) is 17.0. The monoisotopic (exact) mass is 433 g/mol. The van der Waals surface area contributed by atoms with Crippen LogP contribution < -0.4 is 4.74 Å². The summed E-state index contributed by atoms with van der Waals surface area (Å²) in [5.74, 6) is 0.623. The lowest BCUT2D eigenvalue weighted by Crippen LogP contribution is -2.28. The Kier molecular flexibility index (Phi) is 4.84. The summed E-state index contributed by atoms with van der Waals surface area (Å²) in [5.41, 5.74) is 2.01. The average molecular weight is 434 g/mol. The molecule has 1 aromatic heterocycles. The second-order valence-electron chi connectivity index (χ2n) is 6.42. The number of aromatic nitrogens is 1. The number of thioether (sulfide) groups is 1. The van der Waals surface area contributed by atoms with Crippen molar-refractivity contribution in [2.45, 2.75) is 31.2 Å². The Bertz CT molecular complexity index is 846. The first-order chi connectivity index (χ1) is 12.6. The van der Waals surface area contributed by atoms with Gasteiger partial charge in [-0.05, 0) is 52.7 Å². The van der Waals surface area contributed by atoms with Gasteiger partial charge in [0, 0.05) is 18.0 Å².